The molecule has 1 N–H and O–H groups in total. The number of halogens is 5. The van der Waals surface area contributed by atoms with Crippen LogP contribution < -0.4 is 5.32 Å². The molecule has 1 aromatic carbocycles. The molecule has 1 atom stereocenters. The average molecular weight is 356 g/mol. The second-order valence-corrected chi connectivity index (χ2v) is 5.58. The highest BCUT2D eigenvalue weighted by Gasteiger charge is 2.34. The summed E-state index contributed by atoms with van der Waals surface area (Å²) in [6.45, 7) is 2.27. The minimum absolute atomic E-state index is 0.0546. The van der Waals surface area contributed by atoms with Crippen molar-refractivity contribution in [3.8, 4) is 0 Å². The van der Waals surface area contributed by atoms with Gasteiger partial charge in [-0.1, -0.05) is 29.3 Å². The van der Waals surface area contributed by atoms with Crippen molar-refractivity contribution in [2.75, 3.05) is 6.54 Å². The molecule has 1 aromatic rings. The Hall–Kier alpha value is -1.11. The van der Waals surface area contributed by atoms with E-state index in [2.05, 4.69) is 21.2 Å². The van der Waals surface area contributed by atoms with Gasteiger partial charge in [-0.15, -0.1) is 0 Å². The predicted molar refractivity (Wildman–Crippen MR) is 71.4 cm³/mol. The Labute approximate surface area is 122 Å². The quantitative estimate of drug-likeness (QED) is 0.624. The maximum absolute atomic E-state index is 13.1. The van der Waals surface area contributed by atoms with Crippen molar-refractivity contribution in [1.82, 2.24) is 5.32 Å². The van der Waals surface area contributed by atoms with Crippen LogP contribution in [0.4, 0.5) is 17.6 Å². The molecule has 1 amide bonds. The summed E-state index contributed by atoms with van der Waals surface area (Å²) >= 11 is 3.34. The molecule has 2 nitrogen and oxygen atoms in total. The Kier molecular flexibility index (Phi) is 5.98. The van der Waals surface area contributed by atoms with Crippen LogP contribution >= 0.6 is 15.9 Å². The normalized spacial score (nSPS) is 13.1. The van der Waals surface area contributed by atoms with Crippen LogP contribution in [0.1, 0.15) is 35.7 Å². The first-order chi connectivity index (χ1) is 9.25. The molecule has 0 aromatic heterocycles. The number of rotatable bonds is 5. The maximum atomic E-state index is 13.1. The number of alkyl halides is 4. The largest absolute Gasteiger partial charge is 0.419 e. The number of nitrogens with one attached hydrogen (secondary N) is 1. The number of hydrogen-bond donors (Lipinski definition) is 1. The van der Waals surface area contributed by atoms with Crippen LogP contribution in [0.15, 0.2) is 18.2 Å². The van der Waals surface area contributed by atoms with Gasteiger partial charge in [0.25, 0.3) is 5.91 Å². The van der Waals surface area contributed by atoms with Gasteiger partial charge >= 0.3 is 6.18 Å². The second-order valence-electron chi connectivity index (χ2n) is 4.29. The van der Waals surface area contributed by atoms with E-state index in [-0.39, 0.29) is 10.4 Å². The third kappa shape index (κ3) is 4.77. The molecule has 7 heteroatoms. The van der Waals surface area contributed by atoms with Gasteiger partial charge in [-0.3, -0.25) is 4.79 Å². The zero-order valence-corrected chi connectivity index (χ0v) is 12.3. The smallest absolute Gasteiger partial charge is 0.351 e. The van der Waals surface area contributed by atoms with Crippen molar-refractivity contribution in [1.29, 1.82) is 0 Å². The highest BCUT2D eigenvalue weighted by atomic mass is 79.9. The van der Waals surface area contributed by atoms with Crippen LogP contribution in [0, 0.1) is 5.82 Å². The Morgan fingerprint density at radius 3 is 2.60 bits per heavy atom. The summed E-state index contributed by atoms with van der Waals surface area (Å²) in [5, 5.41) is 2.51. The first-order valence-corrected chi connectivity index (χ1v) is 6.96. The molecule has 20 heavy (non-hydrogen) atoms. The Morgan fingerprint density at radius 1 is 1.40 bits per heavy atom. The molecule has 0 bridgehead atoms. The highest BCUT2D eigenvalue weighted by molar-refractivity contribution is 9.09. The van der Waals surface area contributed by atoms with Crippen LogP contribution in [-0.4, -0.2) is 17.3 Å². The van der Waals surface area contributed by atoms with Crippen molar-refractivity contribution >= 4 is 21.8 Å². The van der Waals surface area contributed by atoms with E-state index < -0.39 is 23.5 Å². The summed E-state index contributed by atoms with van der Waals surface area (Å²) in [6, 6.07) is 2.20. The van der Waals surface area contributed by atoms with Crippen molar-refractivity contribution in [3.63, 3.8) is 0 Å². The van der Waals surface area contributed by atoms with Gasteiger partial charge in [-0.25, -0.2) is 4.39 Å². The highest BCUT2D eigenvalue weighted by Crippen LogP contribution is 2.31. The van der Waals surface area contributed by atoms with Crippen LogP contribution in [-0.2, 0) is 6.18 Å². The van der Waals surface area contributed by atoms with Crippen LogP contribution in [0.25, 0.3) is 0 Å². The Balaban J connectivity index is 2.79. The molecule has 1 unspecified atom stereocenters. The molecule has 0 radical (unpaired) electrons. The lowest BCUT2D eigenvalue weighted by molar-refractivity contribution is -0.140. The van der Waals surface area contributed by atoms with E-state index in [1.165, 1.54) is 0 Å². The van der Waals surface area contributed by atoms with Crippen molar-refractivity contribution in [2.24, 2.45) is 0 Å². The lowest BCUT2D eigenvalue weighted by Crippen LogP contribution is -2.29. The van der Waals surface area contributed by atoms with Crippen molar-refractivity contribution in [2.45, 2.75) is 30.8 Å². The first-order valence-electron chi connectivity index (χ1n) is 6.04. The minimum atomic E-state index is -4.82. The van der Waals surface area contributed by atoms with Gasteiger partial charge in [0.2, 0.25) is 0 Å². The fourth-order valence-electron chi connectivity index (χ4n) is 1.60. The van der Waals surface area contributed by atoms with Crippen molar-refractivity contribution in [3.05, 3.63) is 35.1 Å². The summed E-state index contributed by atoms with van der Waals surface area (Å²) in [5.41, 5.74) is -1.65. The van der Waals surface area contributed by atoms with E-state index in [0.717, 1.165) is 18.9 Å². The number of hydrogen-bond acceptors (Lipinski definition) is 1. The first kappa shape index (κ1) is 16.9. The molecule has 0 aliphatic rings. The summed E-state index contributed by atoms with van der Waals surface area (Å²) < 4.78 is 50.7. The molecule has 0 heterocycles. The molecule has 0 saturated carbocycles. The lowest BCUT2D eigenvalue weighted by atomic mass is 10.1. The second kappa shape index (κ2) is 7.06. The standard InChI is InChI=1S/C13H14BrF4NO/c1-2-3-9(14)7-19-12(20)8-4-5-11(15)10(6-8)13(16,17)18/h4-6,9H,2-3,7H2,1H3,(H,19,20). The van der Waals surface area contributed by atoms with Gasteiger partial charge < -0.3 is 5.32 Å². The number of amides is 1. The summed E-state index contributed by atoms with van der Waals surface area (Å²) in [4.78, 5) is 11.8. The Morgan fingerprint density at radius 2 is 2.05 bits per heavy atom. The topological polar surface area (TPSA) is 29.1 Å². The monoisotopic (exact) mass is 355 g/mol. The Bertz CT molecular complexity index is 476. The molecule has 0 spiro atoms. The predicted octanol–water partition coefficient (Wildman–Crippen LogP) is 4.14. The summed E-state index contributed by atoms with van der Waals surface area (Å²) in [5.74, 6) is -2.05. The fraction of sp³-hybridized carbons (Fsp3) is 0.462. The van der Waals surface area contributed by atoms with E-state index in [9.17, 15) is 22.4 Å². The van der Waals surface area contributed by atoms with E-state index in [0.29, 0.717) is 18.7 Å². The molecule has 0 fully saturated rings. The van der Waals surface area contributed by atoms with Gasteiger partial charge in [-0.05, 0) is 24.6 Å². The van der Waals surface area contributed by atoms with E-state index in [1.807, 2.05) is 6.92 Å². The molecule has 0 aliphatic heterocycles. The average Bonchev–Trinajstić information content (AvgIpc) is 2.35. The van der Waals surface area contributed by atoms with Crippen molar-refractivity contribution < 1.29 is 22.4 Å². The van der Waals surface area contributed by atoms with Gasteiger partial charge in [0.05, 0.1) is 5.56 Å². The summed E-state index contributed by atoms with van der Waals surface area (Å²) in [6.07, 6.45) is -3.07. The third-order valence-electron chi connectivity index (χ3n) is 2.62. The number of carbonyl (C=O) groups is 1. The van der Waals surface area contributed by atoms with E-state index in [1.54, 1.807) is 0 Å². The van der Waals surface area contributed by atoms with Gasteiger partial charge in [-0.2, -0.15) is 13.2 Å². The molecular formula is C13H14BrF4NO. The number of benzene rings is 1. The molecule has 0 aliphatic carbocycles. The van der Waals surface area contributed by atoms with Gasteiger partial charge in [0.1, 0.15) is 5.82 Å². The van der Waals surface area contributed by atoms with Gasteiger partial charge in [0.15, 0.2) is 0 Å². The van der Waals surface area contributed by atoms with Gasteiger partial charge in [0, 0.05) is 16.9 Å². The minimum Gasteiger partial charge on any atom is -0.351 e. The maximum Gasteiger partial charge on any atom is 0.419 e. The zero-order chi connectivity index (χ0) is 15.3. The number of carbonyl (C=O) groups excluding carboxylic acids is 1. The summed E-state index contributed by atoms with van der Waals surface area (Å²) in [7, 11) is 0. The molecule has 0 saturated heterocycles. The fourth-order valence-corrected chi connectivity index (χ4v) is 2.22. The van der Waals surface area contributed by atoms with Crippen LogP contribution in [0.5, 0.6) is 0 Å². The third-order valence-corrected chi connectivity index (χ3v) is 3.40. The SMILES string of the molecule is CCCC(Br)CNC(=O)c1ccc(F)c(C(F)(F)F)c1. The molecule has 112 valence electrons. The lowest BCUT2D eigenvalue weighted by Gasteiger charge is -2.12. The molecular weight excluding hydrogens is 342 g/mol. The van der Waals surface area contributed by atoms with Crippen LogP contribution in [0.2, 0.25) is 0 Å². The van der Waals surface area contributed by atoms with E-state index >= 15 is 0 Å². The van der Waals surface area contributed by atoms with Crippen LogP contribution in [0.3, 0.4) is 0 Å². The van der Waals surface area contributed by atoms with E-state index in [4.69, 9.17) is 0 Å². The molecule has 1 rings (SSSR count). The zero-order valence-electron chi connectivity index (χ0n) is 10.7.